The topological polar surface area (TPSA) is 36.4 Å². The number of hydrogen-bond acceptors (Lipinski definition) is 3. The van der Waals surface area contributed by atoms with Crippen LogP contribution in [-0.4, -0.2) is 28.1 Å². The molecule has 1 N–H and O–H groups in total. The summed E-state index contributed by atoms with van der Waals surface area (Å²) >= 11 is 0. The number of likely N-dealkylation sites (tertiary alicyclic amines) is 1. The lowest BCUT2D eigenvalue weighted by molar-refractivity contribution is -0.151. The summed E-state index contributed by atoms with van der Waals surface area (Å²) in [5.41, 5.74) is 1.72. The Morgan fingerprint density at radius 1 is 1.12 bits per heavy atom. The van der Waals surface area contributed by atoms with Gasteiger partial charge in [-0.05, 0) is 49.1 Å². The number of piperidine rings is 1. The van der Waals surface area contributed by atoms with Gasteiger partial charge in [0.05, 0.1) is 5.69 Å². The summed E-state index contributed by atoms with van der Waals surface area (Å²) in [7, 11) is 0. The van der Waals surface area contributed by atoms with Gasteiger partial charge in [0, 0.05) is 37.7 Å². The average molecular weight is 358 g/mol. The van der Waals surface area contributed by atoms with E-state index in [1.807, 2.05) is 25.3 Å². The van der Waals surface area contributed by atoms with E-state index in [9.17, 15) is 13.9 Å². The van der Waals surface area contributed by atoms with Crippen LogP contribution >= 0.6 is 0 Å². The number of aryl methyl sites for hydroxylation is 1. The molecular formula is C21H24F2N2O. The molecule has 2 bridgehead atoms. The second-order valence-corrected chi connectivity index (χ2v) is 7.81. The first kappa shape index (κ1) is 17.6. The van der Waals surface area contributed by atoms with Crippen molar-refractivity contribution >= 4 is 0 Å². The van der Waals surface area contributed by atoms with Crippen LogP contribution in [0.2, 0.25) is 0 Å². The molecule has 1 unspecified atom stereocenters. The maximum atomic E-state index is 13.5. The standard InChI is InChI=1S/C21H24F2N2O/c1-14-5-8-20(24-10-14)21(26)16-3-2-4-17(21)13-25(12-16)11-15-6-7-18(22)19(23)9-15/h5-10,16-17,26H,2-4,11-13H2,1H3/t16-,17+,21?. The highest BCUT2D eigenvalue weighted by molar-refractivity contribution is 5.23. The quantitative estimate of drug-likeness (QED) is 0.907. The van der Waals surface area contributed by atoms with Gasteiger partial charge in [0.2, 0.25) is 0 Å². The van der Waals surface area contributed by atoms with E-state index in [1.54, 1.807) is 6.07 Å². The van der Waals surface area contributed by atoms with Crippen molar-refractivity contribution in [1.29, 1.82) is 0 Å². The van der Waals surface area contributed by atoms with E-state index in [0.717, 1.165) is 49.2 Å². The average Bonchev–Trinajstić information content (AvgIpc) is 2.60. The minimum Gasteiger partial charge on any atom is -0.383 e. The summed E-state index contributed by atoms with van der Waals surface area (Å²) in [5, 5.41) is 11.6. The van der Waals surface area contributed by atoms with Crippen LogP contribution in [0.15, 0.2) is 36.5 Å². The third kappa shape index (κ3) is 3.03. The Balaban J connectivity index is 1.56. The molecule has 1 aliphatic carbocycles. The maximum Gasteiger partial charge on any atom is 0.159 e. The van der Waals surface area contributed by atoms with Crippen LogP contribution < -0.4 is 0 Å². The van der Waals surface area contributed by atoms with Gasteiger partial charge in [-0.1, -0.05) is 18.6 Å². The molecule has 1 aliphatic heterocycles. The van der Waals surface area contributed by atoms with E-state index in [4.69, 9.17) is 0 Å². The second-order valence-electron chi connectivity index (χ2n) is 7.81. The minimum atomic E-state index is -0.892. The fourth-order valence-electron chi connectivity index (χ4n) is 4.69. The van der Waals surface area contributed by atoms with Crippen LogP contribution in [0.25, 0.3) is 0 Å². The molecule has 26 heavy (non-hydrogen) atoms. The number of pyridine rings is 1. The molecule has 1 saturated heterocycles. The molecule has 2 aromatic rings. The number of aliphatic hydroxyl groups is 1. The largest absolute Gasteiger partial charge is 0.383 e. The van der Waals surface area contributed by atoms with Gasteiger partial charge in [0.25, 0.3) is 0 Å². The summed E-state index contributed by atoms with van der Waals surface area (Å²) in [6, 6.07) is 8.04. The molecule has 138 valence electrons. The van der Waals surface area contributed by atoms with Crippen molar-refractivity contribution in [2.75, 3.05) is 13.1 Å². The van der Waals surface area contributed by atoms with Crippen molar-refractivity contribution in [3.05, 3.63) is 65.0 Å². The summed E-state index contributed by atoms with van der Waals surface area (Å²) in [6.07, 6.45) is 4.84. The number of aromatic nitrogens is 1. The van der Waals surface area contributed by atoms with Crippen LogP contribution in [0.3, 0.4) is 0 Å². The van der Waals surface area contributed by atoms with Crippen LogP contribution in [0.1, 0.15) is 36.1 Å². The third-order valence-corrected chi connectivity index (χ3v) is 6.02. The Hall–Kier alpha value is -1.85. The molecule has 1 aromatic carbocycles. The van der Waals surface area contributed by atoms with Crippen molar-refractivity contribution in [2.45, 2.75) is 38.3 Å². The Kier molecular flexibility index (Phi) is 4.53. The Labute approximate surface area is 152 Å². The third-order valence-electron chi connectivity index (χ3n) is 6.02. The molecule has 1 saturated carbocycles. The molecule has 5 heteroatoms. The Morgan fingerprint density at radius 3 is 2.46 bits per heavy atom. The van der Waals surface area contributed by atoms with E-state index in [2.05, 4.69) is 9.88 Å². The zero-order chi connectivity index (χ0) is 18.3. The van der Waals surface area contributed by atoms with E-state index < -0.39 is 17.2 Å². The number of rotatable bonds is 3. The monoisotopic (exact) mass is 358 g/mol. The molecule has 0 amide bonds. The normalized spacial score (nSPS) is 28.9. The fraction of sp³-hybridized carbons (Fsp3) is 0.476. The minimum absolute atomic E-state index is 0.107. The lowest BCUT2D eigenvalue weighted by Crippen LogP contribution is -2.58. The summed E-state index contributed by atoms with van der Waals surface area (Å²) in [4.78, 5) is 6.78. The van der Waals surface area contributed by atoms with Crippen LogP contribution in [0, 0.1) is 30.4 Å². The molecule has 0 radical (unpaired) electrons. The van der Waals surface area contributed by atoms with Crippen molar-refractivity contribution < 1.29 is 13.9 Å². The van der Waals surface area contributed by atoms with Gasteiger partial charge in [-0.2, -0.15) is 0 Å². The van der Waals surface area contributed by atoms with Gasteiger partial charge in [-0.3, -0.25) is 9.88 Å². The van der Waals surface area contributed by atoms with Crippen molar-refractivity contribution in [1.82, 2.24) is 9.88 Å². The lowest BCUT2D eigenvalue weighted by atomic mass is 9.64. The van der Waals surface area contributed by atoms with E-state index >= 15 is 0 Å². The first-order valence-corrected chi connectivity index (χ1v) is 9.28. The van der Waals surface area contributed by atoms with Gasteiger partial charge >= 0.3 is 0 Å². The zero-order valence-electron chi connectivity index (χ0n) is 15.0. The van der Waals surface area contributed by atoms with Crippen molar-refractivity contribution in [3.63, 3.8) is 0 Å². The van der Waals surface area contributed by atoms with E-state index in [0.29, 0.717) is 6.54 Å². The second kappa shape index (κ2) is 6.71. The molecule has 2 heterocycles. The molecule has 0 spiro atoms. The highest BCUT2D eigenvalue weighted by Gasteiger charge is 2.52. The molecule has 2 aliphatic rings. The highest BCUT2D eigenvalue weighted by atomic mass is 19.2. The van der Waals surface area contributed by atoms with Gasteiger partial charge < -0.3 is 5.11 Å². The summed E-state index contributed by atoms with van der Waals surface area (Å²) in [6.45, 7) is 4.04. The number of fused-ring (bicyclic) bond motifs is 2. The van der Waals surface area contributed by atoms with Gasteiger partial charge in [0.15, 0.2) is 11.6 Å². The first-order valence-electron chi connectivity index (χ1n) is 9.28. The zero-order valence-corrected chi connectivity index (χ0v) is 15.0. The predicted molar refractivity (Wildman–Crippen MR) is 95.3 cm³/mol. The van der Waals surface area contributed by atoms with Crippen LogP contribution in [0.4, 0.5) is 8.78 Å². The lowest BCUT2D eigenvalue weighted by Gasteiger charge is -2.52. The van der Waals surface area contributed by atoms with Gasteiger partial charge in [-0.25, -0.2) is 8.78 Å². The molecule has 3 nitrogen and oxygen atoms in total. The summed E-state index contributed by atoms with van der Waals surface area (Å²) in [5.74, 6) is -1.41. The van der Waals surface area contributed by atoms with E-state index in [1.165, 1.54) is 12.1 Å². The molecule has 4 rings (SSSR count). The van der Waals surface area contributed by atoms with Gasteiger partial charge in [-0.15, -0.1) is 0 Å². The summed E-state index contributed by atoms with van der Waals surface area (Å²) < 4.78 is 26.7. The van der Waals surface area contributed by atoms with E-state index in [-0.39, 0.29) is 11.8 Å². The molecule has 3 atom stereocenters. The SMILES string of the molecule is Cc1ccc(C2(O)[C@@H]3CCC[C@H]2CN(Cc2ccc(F)c(F)c2)C3)nc1. The van der Waals surface area contributed by atoms with Crippen LogP contribution in [-0.2, 0) is 12.1 Å². The highest BCUT2D eigenvalue weighted by Crippen LogP contribution is 2.48. The van der Waals surface area contributed by atoms with Gasteiger partial charge in [0.1, 0.15) is 5.60 Å². The van der Waals surface area contributed by atoms with Crippen molar-refractivity contribution in [3.8, 4) is 0 Å². The van der Waals surface area contributed by atoms with Crippen LogP contribution in [0.5, 0.6) is 0 Å². The number of hydrogen-bond donors (Lipinski definition) is 1. The molecule has 2 fully saturated rings. The van der Waals surface area contributed by atoms with Crippen molar-refractivity contribution in [2.24, 2.45) is 11.8 Å². The number of halogens is 2. The predicted octanol–water partition coefficient (Wildman–Crippen LogP) is 3.79. The Bertz CT molecular complexity index is 779. The molecular weight excluding hydrogens is 334 g/mol. The fourth-order valence-corrected chi connectivity index (χ4v) is 4.69. The molecule has 1 aromatic heterocycles. The Morgan fingerprint density at radius 2 is 1.85 bits per heavy atom. The smallest absolute Gasteiger partial charge is 0.159 e. The maximum absolute atomic E-state index is 13.5. The number of nitrogens with zero attached hydrogens (tertiary/aromatic N) is 2. The number of benzene rings is 1. The first-order chi connectivity index (χ1) is 12.5.